The first-order valence-corrected chi connectivity index (χ1v) is 6.67. The lowest BCUT2D eigenvalue weighted by atomic mass is 10.3. The predicted octanol–water partition coefficient (Wildman–Crippen LogP) is 3.62. The van der Waals surface area contributed by atoms with E-state index in [1.165, 1.54) is 29.2 Å². The molecule has 0 radical (unpaired) electrons. The lowest BCUT2D eigenvalue weighted by Crippen LogP contribution is -2.09. The number of hydrogen-bond acceptors (Lipinski definition) is 5. The summed E-state index contributed by atoms with van der Waals surface area (Å²) in [7, 11) is 1.62. The number of rotatable bonds is 4. The molecule has 0 unspecified atom stereocenters. The third kappa shape index (κ3) is 2.78. The number of aliphatic hydroxyl groups excluding tert-OH is 1. The van der Waals surface area contributed by atoms with Gasteiger partial charge in [0.15, 0.2) is 5.00 Å². The molecule has 2 rings (SSSR count). The van der Waals surface area contributed by atoms with E-state index in [1.54, 1.807) is 20.0 Å². The maximum Gasteiger partial charge on any atom is 0.304 e. The summed E-state index contributed by atoms with van der Waals surface area (Å²) in [5.41, 5.74) is 0.407. The molecule has 0 fully saturated rings. The van der Waals surface area contributed by atoms with Crippen LogP contribution < -0.4 is 4.90 Å². The normalized spacial score (nSPS) is 12.2. The Kier molecular flexibility index (Phi) is 4.01. The third-order valence-electron chi connectivity index (χ3n) is 2.82. The van der Waals surface area contributed by atoms with Crippen LogP contribution in [0.1, 0.15) is 17.9 Å². The fourth-order valence-corrected chi connectivity index (χ4v) is 2.81. The van der Waals surface area contributed by atoms with E-state index in [9.17, 15) is 19.6 Å². The van der Waals surface area contributed by atoms with Crippen molar-refractivity contribution in [2.45, 2.75) is 13.0 Å². The molecule has 7 heteroatoms. The Labute approximate surface area is 119 Å². The van der Waals surface area contributed by atoms with Crippen LogP contribution in [0, 0.1) is 15.9 Å². The van der Waals surface area contributed by atoms with Crippen LogP contribution in [-0.2, 0) is 0 Å². The average Bonchev–Trinajstić information content (AvgIpc) is 2.83. The fourth-order valence-electron chi connectivity index (χ4n) is 1.77. The Morgan fingerprint density at radius 1 is 1.45 bits per heavy atom. The topological polar surface area (TPSA) is 66.6 Å². The molecule has 5 nitrogen and oxygen atoms in total. The molecule has 0 saturated carbocycles. The monoisotopic (exact) mass is 296 g/mol. The average molecular weight is 296 g/mol. The first-order valence-electron chi connectivity index (χ1n) is 5.85. The molecular formula is C13H13FN2O3S. The van der Waals surface area contributed by atoms with Crippen LogP contribution >= 0.6 is 11.3 Å². The van der Waals surface area contributed by atoms with Gasteiger partial charge in [-0.2, -0.15) is 0 Å². The first-order chi connectivity index (χ1) is 9.40. The van der Waals surface area contributed by atoms with Gasteiger partial charge in [-0.05, 0) is 25.1 Å². The minimum Gasteiger partial charge on any atom is -0.388 e. The van der Waals surface area contributed by atoms with Gasteiger partial charge in [0.2, 0.25) is 0 Å². The van der Waals surface area contributed by atoms with Gasteiger partial charge in [0.05, 0.1) is 11.0 Å². The SMILES string of the molecule is C[C@@H](O)c1cc([N+](=O)[O-])c(N(C)c2cccc(F)c2)s1. The van der Waals surface area contributed by atoms with Crippen LogP contribution in [0.15, 0.2) is 30.3 Å². The van der Waals surface area contributed by atoms with Crippen LogP contribution in [0.4, 0.5) is 20.8 Å². The van der Waals surface area contributed by atoms with Crippen molar-refractivity contribution in [1.82, 2.24) is 0 Å². The summed E-state index contributed by atoms with van der Waals surface area (Å²) >= 11 is 1.12. The van der Waals surface area contributed by atoms with E-state index in [1.807, 2.05) is 0 Å². The van der Waals surface area contributed by atoms with Crippen molar-refractivity contribution in [3.8, 4) is 0 Å². The van der Waals surface area contributed by atoms with Crippen LogP contribution in [0.5, 0.6) is 0 Å². The highest BCUT2D eigenvalue weighted by molar-refractivity contribution is 7.16. The Morgan fingerprint density at radius 3 is 2.70 bits per heavy atom. The molecule has 1 aromatic heterocycles. The summed E-state index contributed by atoms with van der Waals surface area (Å²) < 4.78 is 13.2. The Hall–Kier alpha value is -1.99. The van der Waals surface area contributed by atoms with Gasteiger partial charge in [-0.15, -0.1) is 11.3 Å². The highest BCUT2D eigenvalue weighted by Crippen LogP contribution is 2.42. The van der Waals surface area contributed by atoms with Crippen molar-refractivity contribution in [2.24, 2.45) is 0 Å². The molecule has 0 aliphatic heterocycles. The maximum atomic E-state index is 13.2. The first kappa shape index (κ1) is 14.4. The zero-order valence-corrected chi connectivity index (χ0v) is 11.7. The largest absolute Gasteiger partial charge is 0.388 e. The number of benzene rings is 1. The van der Waals surface area contributed by atoms with Crippen LogP contribution in [0.2, 0.25) is 0 Å². The molecule has 1 atom stereocenters. The number of nitro groups is 1. The maximum absolute atomic E-state index is 13.2. The van der Waals surface area contributed by atoms with Crippen molar-refractivity contribution in [1.29, 1.82) is 0 Å². The fraction of sp³-hybridized carbons (Fsp3) is 0.231. The molecule has 0 saturated heterocycles. The molecule has 0 aliphatic carbocycles. The van der Waals surface area contributed by atoms with E-state index in [-0.39, 0.29) is 5.69 Å². The summed E-state index contributed by atoms with van der Waals surface area (Å²) in [6.07, 6.45) is -0.784. The lowest BCUT2D eigenvalue weighted by Gasteiger charge is -2.16. The quantitative estimate of drug-likeness (QED) is 0.691. The number of aliphatic hydroxyl groups is 1. The molecule has 20 heavy (non-hydrogen) atoms. The van der Waals surface area contributed by atoms with Crippen molar-refractivity contribution in [3.05, 3.63) is 51.1 Å². The number of hydrogen-bond donors (Lipinski definition) is 1. The highest BCUT2D eigenvalue weighted by atomic mass is 32.1. The van der Waals surface area contributed by atoms with Crippen LogP contribution in [0.25, 0.3) is 0 Å². The predicted molar refractivity (Wildman–Crippen MR) is 76.1 cm³/mol. The van der Waals surface area contributed by atoms with E-state index in [0.717, 1.165) is 11.3 Å². The zero-order chi connectivity index (χ0) is 14.9. The van der Waals surface area contributed by atoms with E-state index < -0.39 is 16.8 Å². The second-order valence-electron chi connectivity index (χ2n) is 4.31. The molecule has 0 bridgehead atoms. The van der Waals surface area contributed by atoms with Gasteiger partial charge < -0.3 is 10.0 Å². The highest BCUT2D eigenvalue weighted by Gasteiger charge is 2.24. The van der Waals surface area contributed by atoms with Crippen molar-refractivity contribution in [2.75, 3.05) is 11.9 Å². The molecular weight excluding hydrogens is 283 g/mol. The van der Waals surface area contributed by atoms with E-state index >= 15 is 0 Å². The molecule has 0 amide bonds. The Balaban J connectivity index is 2.48. The molecule has 0 aliphatic rings. The summed E-state index contributed by atoms with van der Waals surface area (Å²) in [6, 6.07) is 7.15. The van der Waals surface area contributed by atoms with Crippen molar-refractivity contribution < 1.29 is 14.4 Å². The van der Waals surface area contributed by atoms with Crippen molar-refractivity contribution in [3.63, 3.8) is 0 Å². The second-order valence-corrected chi connectivity index (χ2v) is 5.37. The van der Waals surface area contributed by atoms with Gasteiger partial charge in [0.25, 0.3) is 0 Å². The second kappa shape index (κ2) is 5.56. The molecule has 0 spiro atoms. The molecule has 1 heterocycles. The smallest absolute Gasteiger partial charge is 0.304 e. The minimum absolute atomic E-state index is 0.0994. The summed E-state index contributed by atoms with van der Waals surface area (Å²) in [5.74, 6) is -0.413. The van der Waals surface area contributed by atoms with E-state index in [4.69, 9.17) is 0 Å². The molecule has 2 aromatic rings. The number of halogens is 1. The molecule has 1 N–H and O–H groups in total. The van der Waals surface area contributed by atoms with Gasteiger partial charge in [0.1, 0.15) is 5.82 Å². The number of anilines is 2. The number of nitrogens with zero attached hydrogens (tertiary/aromatic N) is 2. The van der Waals surface area contributed by atoms with Gasteiger partial charge in [-0.3, -0.25) is 10.1 Å². The number of thiophene rings is 1. The van der Waals surface area contributed by atoms with E-state index in [0.29, 0.717) is 15.6 Å². The lowest BCUT2D eigenvalue weighted by molar-refractivity contribution is -0.383. The van der Waals surface area contributed by atoms with Crippen molar-refractivity contribution >= 4 is 27.7 Å². The summed E-state index contributed by atoms with van der Waals surface area (Å²) in [6.45, 7) is 1.54. The van der Waals surface area contributed by atoms with Crippen LogP contribution in [-0.4, -0.2) is 17.1 Å². The minimum atomic E-state index is -0.784. The Bertz CT molecular complexity index is 642. The van der Waals surface area contributed by atoms with Gasteiger partial charge in [-0.25, -0.2) is 4.39 Å². The van der Waals surface area contributed by atoms with Gasteiger partial charge >= 0.3 is 5.69 Å². The standard InChI is InChI=1S/C13H13FN2O3S/c1-8(17)12-7-11(16(18)19)13(20-12)15(2)10-5-3-4-9(14)6-10/h3-8,17H,1-2H3/t8-/m1/s1. The van der Waals surface area contributed by atoms with E-state index in [2.05, 4.69) is 0 Å². The summed E-state index contributed by atoms with van der Waals surface area (Å²) in [4.78, 5) is 12.6. The van der Waals surface area contributed by atoms with Gasteiger partial charge in [-0.1, -0.05) is 6.07 Å². The third-order valence-corrected chi connectivity index (χ3v) is 4.19. The zero-order valence-electron chi connectivity index (χ0n) is 10.9. The summed E-state index contributed by atoms with van der Waals surface area (Å²) in [5, 5.41) is 21.0. The van der Waals surface area contributed by atoms with Crippen LogP contribution in [0.3, 0.4) is 0 Å². The molecule has 106 valence electrons. The Morgan fingerprint density at radius 2 is 2.15 bits per heavy atom. The molecule has 1 aromatic carbocycles. The van der Waals surface area contributed by atoms with Gasteiger partial charge in [0, 0.05) is 23.7 Å².